The molecule has 2 amide bonds. The maximum absolute atomic E-state index is 13.8. The summed E-state index contributed by atoms with van der Waals surface area (Å²) in [5, 5.41) is 17.9. The van der Waals surface area contributed by atoms with Gasteiger partial charge in [0, 0.05) is 23.7 Å². The summed E-state index contributed by atoms with van der Waals surface area (Å²) in [5.41, 5.74) is 2.05. The Bertz CT molecular complexity index is 1300. The maximum atomic E-state index is 13.8. The lowest BCUT2D eigenvalue weighted by Gasteiger charge is -2.29. The van der Waals surface area contributed by atoms with Crippen LogP contribution in [0.4, 0.5) is 4.39 Å². The van der Waals surface area contributed by atoms with Crippen LogP contribution in [0.1, 0.15) is 48.9 Å². The van der Waals surface area contributed by atoms with Gasteiger partial charge in [0.1, 0.15) is 11.4 Å². The summed E-state index contributed by atoms with van der Waals surface area (Å²) in [6.45, 7) is 3.57. The van der Waals surface area contributed by atoms with Crippen molar-refractivity contribution in [2.75, 3.05) is 0 Å². The minimum Gasteiger partial charge on any atom is -0.858 e. The topological polar surface area (TPSA) is 82.1 Å². The number of imide groups is 1. The molecule has 2 aliphatic rings. The smallest absolute Gasteiger partial charge is 0.327 e. The molecule has 8 heteroatoms. The molecule has 5 rings (SSSR count). The average Bonchev–Trinajstić information content (AvgIpc) is 3.26. The Balaban J connectivity index is 1.69. The normalized spacial score (nSPS) is 17.2. The zero-order chi connectivity index (χ0) is 24.0. The predicted molar refractivity (Wildman–Crippen MR) is 121 cm³/mol. The lowest BCUT2D eigenvalue weighted by Crippen LogP contribution is -2.45. The third-order valence-electron chi connectivity index (χ3n) is 6.62. The fourth-order valence-corrected chi connectivity index (χ4v) is 4.87. The number of carbonyl (C=O) groups excluding carboxylic acids is 2. The Kier molecular flexibility index (Phi) is 5.51. The molecule has 1 aromatic carbocycles. The number of rotatable bonds is 4. The van der Waals surface area contributed by atoms with Gasteiger partial charge in [0.05, 0.1) is 11.4 Å². The molecular formula is C26H25FN4O3. The standard InChI is InChI=1S/C26H25FN4O3/c1-16-12-14-29(15-13-16)23-22(24(32)30(26(23)34)19-6-4-3-5-7-19)21-17(2)28-31(25(21)33)20-10-8-18(27)9-11-20/h8-15,19H,3-7H2,1-2H3. The molecule has 0 unspecified atom stereocenters. The highest BCUT2D eigenvalue weighted by Crippen LogP contribution is 2.39. The number of amides is 2. The van der Waals surface area contributed by atoms with Crippen molar-refractivity contribution in [2.24, 2.45) is 0 Å². The zero-order valence-corrected chi connectivity index (χ0v) is 19.1. The van der Waals surface area contributed by atoms with Gasteiger partial charge in [-0.1, -0.05) is 19.3 Å². The van der Waals surface area contributed by atoms with Gasteiger partial charge in [-0.15, -0.1) is 0 Å². The summed E-state index contributed by atoms with van der Waals surface area (Å²) in [6.07, 6.45) is 7.97. The van der Waals surface area contributed by atoms with Crippen LogP contribution in [-0.4, -0.2) is 32.5 Å². The quantitative estimate of drug-likeness (QED) is 0.443. The van der Waals surface area contributed by atoms with E-state index in [1.807, 2.05) is 19.1 Å². The van der Waals surface area contributed by atoms with Crippen molar-refractivity contribution in [2.45, 2.75) is 52.0 Å². The molecule has 1 aliphatic carbocycles. The predicted octanol–water partition coefficient (Wildman–Crippen LogP) is 3.06. The molecule has 174 valence electrons. The second-order valence-electron chi connectivity index (χ2n) is 8.93. The van der Waals surface area contributed by atoms with E-state index in [1.165, 1.54) is 29.2 Å². The average molecular weight is 461 g/mol. The fourth-order valence-electron chi connectivity index (χ4n) is 4.87. The first-order valence-corrected chi connectivity index (χ1v) is 11.5. The Hall–Kier alpha value is -3.81. The van der Waals surface area contributed by atoms with Gasteiger partial charge in [-0.2, -0.15) is 9.67 Å². The Morgan fingerprint density at radius 1 is 0.971 bits per heavy atom. The first kappa shape index (κ1) is 22.0. The van der Waals surface area contributed by atoms with Crippen LogP contribution >= 0.6 is 0 Å². The Morgan fingerprint density at radius 2 is 1.62 bits per heavy atom. The summed E-state index contributed by atoms with van der Waals surface area (Å²) >= 11 is 0. The maximum Gasteiger partial charge on any atom is 0.327 e. The van der Waals surface area contributed by atoms with Crippen molar-refractivity contribution in [1.82, 2.24) is 14.7 Å². The Morgan fingerprint density at radius 3 is 2.26 bits per heavy atom. The van der Waals surface area contributed by atoms with E-state index in [0.717, 1.165) is 42.3 Å². The minimum atomic E-state index is -0.518. The second-order valence-corrected chi connectivity index (χ2v) is 8.93. The molecule has 0 spiro atoms. The monoisotopic (exact) mass is 460 g/mol. The molecule has 0 bridgehead atoms. The minimum absolute atomic E-state index is 0.0697. The van der Waals surface area contributed by atoms with Crippen molar-refractivity contribution in [3.8, 4) is 11.6 Å². The highest BCUT2D eigenvalue weighted by Gasteiger charge is 2.49. The summed E-state index contributed by atoms with van der Waals surface area (Å²) in [7, 11) is 0. The van der Waals surface area contributed by atoms with Crippen LogP contribution in [0.2, 0.25) is 0 Å². The van der Waals surface area contributed by atoms with Crippen LogP contribution in [0.5, 0.6) is 5.88 Å². The van der Waals surface area contributed by atoms with Gasteiger partial charge in [-0.25, -0.2) is 9.07 Å². The van der Waals surface area contributed by atoms with Crippen molar-refractivity contribution in [1.29, 1.82) is 0 Å². The lowest BCUT2D eigenvalue weighted by molar-refractivity contribution is -0.577. The molecule has 2 aromatic heterocycles. The van der Waals surface area contributed by atoms with Crippen LogP contribution in [-0.2, 0) is 9.59 Å². The summed E-state index contributed by atoms with van der Waals surface area (Å²) in [5.74, 6) is -1.80. The molecular weight excluding hydrogens is 435 g/mol. The molecule has 0 atom stereocenters. The fraction of sp³-hybridized carbons (Fsp3) is 0.308. The van der Waals surface area contributed by atoms with Crippen molar-refractivity contribution < 1.29 is 23.7 Å². The van der Waals surface area contributed by atoms with Gasteiger partial charge in [0.2, 0.25) is 0 Å². The van der Waals surface area contributed by atoms with Crippen molar-refractivity contribution >= 4 is 23.1 Å². The first-order valence-electron chi connectivity index (χ1n) is 11.5. The number of benzene rings is 1. The summed E-state index contributed by atoms with van der Waals surface area (Å²) in [6, 6.07) is 8.90. The summed E-state index contributed by atoms with van der Waals surface area (Å²) in [4.78, 5) is 28.8. The van der Waals surface area contributed by atoms with Crippen LogP contribution in [0.3, 0.4) is 0 Å². The van der Waals surface area contributed by atoms with E-state index in [0.29, 0.717) is 11.4 Å². The number of hydrogen-bond donors (Lipinski definition) is 0. The number of halogens is 1. The molecule has 7 nitrogen and oxygen atoms in total. The molecule has 1 saturated carbocycles. The molecule has 0 saturated heterocycles. The van der Waals surface area contributed by atoms with Gasteiger partial charge < -0.3 is 5.11 Å². The number of nitrogens with zero attached hydrogens (tertiary/aromatic N) is 4. The second kappa shape index (κ2) is 8.52. The number of pyridine rings is 1. The molecule has 1 fully saturated rings. The van der Waals surface area contributed by atoms with Crippen LogP contribution in [0.15, 0.2) is 48.8 Å². The third kappa shape index (κ3) is 3.59. The third-order valence-corrected chi connectivity index (χ3v) is 6.62. The van der Waals surface area contributed by atoms with Gasteiger partial charge in [-0.3, -0.25) is 14.5 Å². The van der Waals surface area contributed by atoms with Crippen LogP contribution in [0.25, 0.3) is 17.0 Å². The van der Waals surface area contributed by atoms with Gasteiger partial charge in [-0.05, 0) is 62.4 Å². The van der Waals surface area contributed by atoms with Gasteiger partial charge in [0.25, 0.3) is 11.6 Å². The molecule has 0 radical (unpaired) electrons. The number of aryl methyl sites for hydroxylation is 2. The number of carbonyl (C=O) groups is 2. The van der Waals surface area contributed by atoms with E-state index in [4.69, 9.17) is 0 Å². The molecule has 3 aromatic rings. The molecule has 1 aliphatic heterocycles. The number of hydrogen-bond acceptors (Lipinski definition) is 4. The lowest BCUT2D eigenvalue weighted by atomic mass is 9.94. The Labute approximate surface area is 196 Å². The van der Waals surface area contributed by atoms with Gasteiger partial charge >= 0.3 is 5.91 Å². The summed E-state index contributed by atoms with van der Waals surface area (Å²) < 4.78 is 16.2. The molecule has 0 N–H and O–H groups in total. The number of aromatic nitrogens is 3. The van der Waals surface area contributed by atoms with Crippen LogP contribution in [0, 0.1) is 19.7 Å². The zero-order valence-electron chi connectivity index (χ0n) is 19.1. The van der Waals surface area contributed by atoms with Crippen LogP contribution < -0.4 is 9.67 Å². The molecule has 34 heavy (non-hydrogen) atoms. The highest BCUT2D eigenvalue weighted by atomic mass is 19.1. The van der Waals surface area contributed by atoms with E-state index in [-0.39, 0.29) is 22.9 Å². The highest BCUT2D eigenvalue weighted by molar-refractivity contribution is 6.45. The first-order chi connectivity index (χ1) is 16.4. The largest absolute Gasteiger partial charge is 0.858 e. The van der Waals surface area contributed by atoms with E-state index >= 15 is 0 Å². The molecule has 3 heterocycles. The van der Waals surface area contributed by atoms with Crippen molar-refractivity contribution in [3.05, 3.63) is 71.4 Å². The van der Waals surface area contributed by atoms with Crippen molar-refractivity contribution in [3.63, 3.8) is 0 Å². The van der Waals surface area contributed by atoms with E-state index < -0.39 is 23.5 Å². The van der Waals surface area contributed by atoms with E-state index in [9.17, 15) is 19.1 Å². The van der Waals surface area contributed by atoms with E-state index in [2.05, 4.69) is 5.10 Å². The van der Waals surface area contributed by atoms with Gasteiger partial charge in [0.15, 0.2) is 12.4 Å². The van der Waals surface area contributed by atoms with E-state index in [1.54, 1.807) is 23.9 Å². The SMILES string of the molecule is Cc1cc[n+](C2=C(c3c(C)nn(-c4ccc(F)cc4)c3[O-])C(=O)N(C3CCCCC3)C2=O)cc1.